The number of nitrogens with zero attached hydrogens (tertiary/aromatic N) is 1. The molecule has 1 aliphatic rings. The number of carbonyl (C=O) groups is 4. The third-order valence-electron chi connectivity index (χ3n) is 5.50. The second kappa shape index (κ2) is 13.1. The van der Waals surface area contributed by atoms with Crippen LogP contribution in [0, 0.1) is 0 Å². The summed E-state index contributed by atoms with van der Waals surface area (Å²) in [6.07, 6.45) is 3.29. The highest BCUT2D eigenvalue weighted by molar-refractivity contribution is 6.39. The maximum Gasteiger partial charge on any atom is 0.343 e. The molecule has 2 aromatic rings. The molecule has 0 aliphatic carbocycles. The third-order valence-corrected chi connectivity index (χ3v) is 5.50. The Hall–Kier alpha value is -4.80. The molecule has 1 saturated heterocycles. The number of hydrogen-bond donors (Lipinski definition) is 1. The van der Waals surface area contributed by atoms with Gasteiger partial charge in [0.2, 0.25) is 0 Å². The molecule has 0 unspecified atom stereocenters. The Balaban J connectivity index is 2.08. The highest BCUT2D eigenvalue weighted by atomic mass is 16.6. The van der Waals surface area contributed by atoms with E-state index in [1.807, 2.05) is 0 Å². The molecular formula is C28H30N2O9. The quantitative estimate of drug-likeness (QED) is 0.187. The average Bonchev–Trinajstić information content (AvgIpc) is 2.91. The third kappa shape index (κ3) is 6.56. The van der Waals surface area contributed by atoms with Gasteiger partial charge in [0.25, 0.3) is 11.8 Å². The van der Waals surface area contributed by atoms with Gasteiger partial charge in [-0.25, -0.2) is 14.5 Å². The summed E-state index contributed by atoms with van der Waals surface area (Å²) in [6, 6.07) is 7.01. The lowest BCUT2D eigenvalue weighted by Crippen LogP contribution is -2.54. The maximum atomic E-state index is 13.6. The number of hydrogen-bond acceptors (Lipinski definition) is 9. The smallest absolute Gasteiger partial charge is 0.343 e. The highest BCUT2D eigenvalue weighted by Crippen LogP contribution is 2.37. The SMILES string of the molecule is C=CCc1cc(/C=C2\C(=O)NC(=O)N(c3cc(OCC)ccc3OCC)C2=O)cc(OC)c1OCC(=O)OC. The molecule has 1 N–H and O–H groups in total. The van der Waals surface area contributed by atoms with Crippen LogP contribution in [0.3, 0.4) is 0 Å². The number of ether oxygens (including phenoxy) is 5. The van der Waals surface area contributed by atoms with E-state index in [4.69, 9.17) is 18.9 Å². The molecule has 0 atom stereocenters. The molecule has 0 spiro atoms. The number of barbiturate groups is 1. The normalized spacial score (nSPS) is 14.1. The Kier molecular flexibility index (Phi) is 9.69. The van der Waals surface area contributed by atoms with Crippen molar-refractivity contribution < 1.29 is 42.9 Å². The molecule has 4 amide bonds. The number of urea groups is 1. The molecule has 11 nitrogen and oxygen atoms in total. The average molecular weight is 539 g/mol. The molecule has 1 fully saturated rings. The Morgan fingerprint density at radius 2 is 1.74 bits per heavy atom. The summed E-state index contributed by atoms with van der Waals surface area (Å²) in [6.45, 7) is 7.60. The van der Waals surface area contributed by atoms with E-state index in [1.165, 1.54) is 32.4 Å². The molecule has 0 bridgehead atoms. The van der Waals surface area contributed by atoms with Gasteiger partial charge < -0.3 is 23.7 Å². The van der Waals surface area contributed by atoms with Crippen molar-refractivity contribution in [2.24, 2.45) is 0 Å². The maximum absolute atomic E-state index is 13.6. The lowest BCUT2D eigenvalue weighted by Gasteiger charge is -2.28. The lowest BCUT2D eigenvalue weighted by molar-refractivity contribution is -0.143. The number of amides is 4. The Labute approximate surface area is 225 Å². The van der Waals surface area contributed by atoms with Crippen LogP contribution < -0.4 is 29.2 Å². The fraction of sp³-hybridized carbons (Fsp3) is 0.286. The van der Waals surface area contributed by atoms with Crippen LogP contribution in [0.4, 0.5) is 10.5 Å². The molecular weight excluding hydrogens is 508 g/mol. The van der Waals surface area contributed by atoms with Crippen LogP contribution in [-0.2, 0) is 25.5 Å². The number of imide groups is 2. The molecule has 39 heavy (non-hydrogen) atoms. The van der Waals surface area contributed by atoms with Crippen molar-refractivity contribution in [3.8, 4) is 23.0 Å². The van der Waals surface area contributed by atoms with Gasteiger partial charge in [0.15, 0.2) is 18.1 Å². The van der Waals surface area contributed by atoms with Gasteiger partial charge in [-0.15, -0.1) is 6.58 Å². The van der Waals surface area contributed by atoms with E-state index >= 15 is 0 Å². The minimum absolute atomic E-state index is 0.125. The summed E-state index contributed by atoms with van der Waals surface area (Å²) in [7, 11) is 2.65. The van der Waals surface area contributed by atoms with Gasteiger partial charge in [0, 0.05) is 11.6 Å². The first kappa shape index (κ1) is 28.8. The molecule has 11 heteroatoms. The van der Waals surface area contributed by atoms with Gasteiger partial charge in [-0.3, -0.25) is 14.9 Å². The van der Waals surface area contributed by atoms with E-state index in [0.29, 0.717) is 29.9 Å². The number of carbonyl (C=O) groups excluding carboxylic acids is 4. The topological polar surface area (TPSA) is 130 Å². The van der Waals surface area contributed by atoms with Crippen LogP contribution in [0.15, 0.2) is 48.6 Å². The number of rotatable bonds is 12. The minimum Gasteiger partial charge on any atom is -0.494 e. The van der Waals surface area contributed by atoms with Crippen molar-refractivity contribution in [2.45, 2.75) is 20.3 Å². The van der Waals surface area contributed by atoms with E-state index in [1.54, 1.807) is 38.1 Å². The van der Waals surface area contributed by atoms with Crippen molar-refractivity contribution in [3.63, 3.8) is 0 Å². The Morgan fingerprint density at radius 3 is 2.38 bits per heavy atom. The van der Waals surface area contributed by atoms with E-state index in [2.05, 4.69) is 16.6 Å². The highest BCUT2D eigenvalue weighted by Gasteiger charge is 2.38. The predicted octanol–water partition coefficient (Wildman–Crippen LogP) is 3.44. The van der Waals surface area contributed by atoms with E-state index in [-0.39, 0.29) is 41.7 Å². The molecule has 0 radical (unpaired) electrons. The summed E-state index contributed by atoms with van der Waals surface area (Å²) < 4.78 is 26.8. The van der Waals surface area contributed by atoms with Crippen LogP contribution in [0.2, 0.25) is 0 Å². The Morgan fingerprint density at radius 1 is 1.00 bits per heavy atom. The number of methoxy groups -OCH3 is 2. The second-order valence-electron chi connectivity index (χ2n) is 8.02. The van der Waals surface area contributed by atoms with Crippen LogP contribution in [-0.4, -0.2) is 57.9 Å². The summed E-state index contributed by atoms with van der Waals surface area (Å²) in [5.74, 6) is -1.08. The molecule has 2 aromatic carbocycles. The van der Waals surface area contributed by atoms with Crippen LogP contribution in [0.25, 0.3) is 6.08 Å². The van der Waals surface area contributed by atoms with E-state index in [0.717, 1.165) is 4.90 Å². The standard InChI is InChI=1S/C28H30N2O9/c1-6-9-18-12-17(14-23(35-4)25(18)39-16-24(31)36-5)13-20-26(32)29-28(34)30(27(20)33)21-15-19(37-7-2)10-11-22(21)38-8-3/h6,10-15H,1,7-9,16H2,2-5H3,(H,29,32,34)/b20-13+. The zero-order valence-electron chi connectivity index (χ0n) is 22.2. The zero-order chi connectivity index (χ0) is 28.5. The zero-order valence-corrected chi connectivity index (χ0v) is 22.2. The first-order valence-corrected chi connectivity index (χ1v) is 12.1. The molecule has 0 aromatic heterocycles. The fourth-order valence-electron chi connectivity index (χ4n) is 3.83. The number of nitrogens with one attached hydrogen (secondary N) is 1. The number of benzene rings is 2. The minimum atomic E-state index is -0.923. The summed E-state index contributed by atoms with van der Waals surface area (Å²) in [4.78, 5) is 51.6. The van der Waals surface area contributed by atoms with Crippen molar-refractivity contribution >= 4 is 35.6 Å². The van der Waals surface area contributed by atoms with E-state index in [9.17, 15) is 19.2 Å². The molecule has 3 rings (SSSR count). The van der Waals surface area contributed by atoms with Gasteiger partial charge in [0.1, 0.15) is 17.1 Å². The van der Waals surface area contributed by atoms with Crippen molar-refractivity contribution in [1.29, 1.82) is 0 Å². The summed E-state index contributed by atoms with van der Waals surface area (Å²) in [5, 5.41) is 2.21. The van der Waals surface area contributed by atoms with Crippen LogP contribution in [0.1, 0.15) is 25.0 Å². The van der Waals surface area contributed by atoms with Gasteiger partial charge in [-0.05, 0) is 56.2 Å². The lowest BCUT2D eigenvalue weighted by atomic mass is 10.0. The van der Waals surface area contributed by atoms with Crippen molar-refractivity contribution in [2.75, 3.05) is 38.9 Å². The van der Waals surface area contributed by atoms with Gasteiger partial charge in [-0.1, -0.05) is 6.08 Å². The molecule has 206 valence electrons. The first-order chi connectivity index (χ1) is 18.8. The van der Waals surface area contributed by atoms with Gasteiger partial charge >= 0.3 is 12.0 Å². The molecule has 1 aliphatic heterocycles. The first-order valence-electron chi connectivity index (χ1n) is 12.1. The fourth-order valence-corrected chi connectivity index (χ4v) is 3.83. The van der Waals surface area contributed by atoms with Crippen LogP contribution >= 0.6 is 0 Å². The van der Waals surface area contributed by atoms with Crippen molar-refractivity contribution in [3.05, 3.63) is 59.7 Å². The molecule has 1 heterocycles. The van der Waals surface area contributed by atoms with E-state index < -0.39 is 23.8 Å². The largest absolute Gasteiger partial charge is 0.494 e. The second-order valence-corrected chi connectivity index (χ2v) is 8.02. The number of allylic oxidation sites excluding steroid dienone is 1. The summed E-state index contributed by atoms with van der Waals surface area (Å²) >= 11 is 0. The number of esters is 1. The van der Waals surface area contributed by atoms with Gasteiger partial charge in [-0.2, -0.15) is 0 Å². The predicted molar refractivity (Wildman–Crippen MR) is 142 cm³/mol. The number of anilines is 1. The van der Waals surface area contributed by atoms with Gasteiger partial charge in [0.05, 0.1) is 33.1 Å². The summed E-state index contributed by atoms with van der Waals surface area (Å²) in [5.41, 5.74) is 0.823. The van der Waals surface area contributed by atoms with Crippen LogP contribution in [0.5, 0.6) is 23.0 Å². The van der Waals surface area contributed by atoms with Crippen molar-refractivity contribution in [1.82, 2.24) is 5.32 Å². The molecule has 0 saturated carbocycles. The Bertz CT molecular complexity index is 1320. The monoisotopic (exact) mass is 538 g/mol.